The molecule has 0 spiro atoms. The van der Waals surface area contributed by atoms with E-state index in [1.54, 1.807) is 24.4 Å². The van der Waals surface area contributed by atoms with Crippen molar-refractivity contribution in [3.63, 3.8) is 0 Å². The fraction of sp³-hybridized carbons (Fsp3) is 0.0625. The summed E-state index contributed by atoms with van der Waals surface area (Å²) in [5.41, 5.74) is 3.40. The molecule has 2 aromatic heterocycles. The number of benzene rings is 5. The monoisotopic (exact) mass is 992 g/mol. The molecule has 298 valence electrons. The summed E-state index contributed by atoms with van der Waals surface area (Å²) in [7, 11) is -2.21. The van der Waals surface area contributed by atoms with Gasteiger partial charge in [0, 0.05) is 24.0 Å². The average Bonchev–Trinajstić information content (AvgIpc) is 3.29. The molecule has 0 fully saturated rings. The third-order valence-electron chi connectivity index (χ3n) is 8.47. The molecule has 0 unspecified atom stereocenters. The average molecular weight is 996 g/mol. The predicted octanol–water partition coefficient (Wildman–Crippen LogP) is 6.99. The third-order valence-corrected chi connectivity index (χ3v) is 13.7. The third kappa shape index (κ3) is 15.1. The molecule has 0 aliphatic rings. The molecule has 5 aromatic carbocycles. The summed E-state index contributed by atoms with van der Waals surface area (Å²) < 4.78 is 12.4. The number of rotatable bonds is 12. The summed E-state index contributed by atoms with van der Waals surface area (Å²) in [6.45, 7) is 0.570. The predicted molar refractivity (Wildman–Crippen MR) is 241 cm³/mol. The molecule has 0 amide bonds. The molecule has 0 radical (unpaired) electrons. The maximum absolute atomic E-state index is 13.2. The molecule has 7 nitrogen and oxygen atoms in total. The Hall–Kier alpha value is -5.38. The summed E-state index contributed by atoms with van der Waals surface area (Å²) in [6, 6.07) is 57.6. The zero-order valence-corrected chi connectivity index (χ0v) is 37.4. The first kappa shape index (κ1) is 46.3. The summed E-state index contributed by atoms with van der Waals surface area (Å²) >= 11 is 6.40. The molecule has 0 aliphatic heterocycles. The van der Waals surface area contributed by atoms with Crippen molar-refractivity contribution in [1.29, 1.82) is 0 Å². The maximum atomic E-state index is 13.2. The lowest BCUT2D eigenvalue weighted by molar-refractivity contribution is -0.142. The highest BCUT2D eigenvalue weighted by Crippen LogP contribution is 2.55. The highest BCUT2D eigenvalue weighted by atomic mass is 79.9. The Bertz CT molecular complexity index is 2230. The van der Waals surface area contributed by atoms with Crippen LogP contribution in [-0.4, -0.2) is 34.4 Å². The van der Waals surface area contributed by atoms with E-state index >= 15 is 0 Å². The van der Waals surface area contributed by atoms with E-state index in [9.17, 15) is 14.4 Å². The second-order valence-corrected chi connectivity index (χ2v) is 17.6. The van der Waals surface area contributed by atoms with Gasteiger partial charge in [-0.1, -0.05) is 121 Å². The van der Waals surface area contributed by atoms with Gasteiger partial charge in [0.2, 0.25) is 0 Å². The number of aromatic nitrogens is 2. The van der Waals surface area contributed by atoms with Crippen LogP contribution in [0.1, 0.15) is 27.0 Å². The second-order valence-electron chi connectivity index (χ2n) is 12.5. The summed E-state index contributed by atoms with van der Waals surface area (Å²) in [5.74, 6) is -0.546. The topological polar surface area (TPSA) is 95.5 Å². The number of esters is 2. The normalized spacial score (nSPS) is 10.4. The van der Waals surface area contributed by atoms with Gasteiger partial charge in [0.15, 0.2) is 12.4 Å². The van der Waals surface area contributed by atoms with Crippen LogP contribution in [0.4, 0.5) is 0 Å². The van der Waals surface area contributed by atoms with Crippen molar-refractivity contribution in [2.75, 3.05) is 6.16 Å². The molecule has 11 heteroatoms. The number of halogens is 3. The number of carbonyl (C=O) groups is 3. The number of hydrogen-bond donors (Lipinski definition) is 0. The van der Waals surface area contributed by atoms with Crippen molar-refractivity contribution in [2.45, 2.75) is 13.2 Å². The van der Waals surface area contributed by atoms with Gasteiger partial charge < -0.3 is 26.5 Å². The molecule has 7 aromatic rings. The Kier molecular flexibility index (Phi) is 19.8. The number of hydrogen-bond acceptors (Lipinski definition) is 7. The first-order valence-corrected chi connectivity index (χ1v) is 21.7. The minimum Gasteiger partial charge on any atom is -1.00 e. The standard InChI is InChI=1S/C27H24O2P.C15H12BrNO2.C6H4BrNO.BrH/c28-27(29-21-23-13-5-1-6-14-23)22-30(24-15-7-2-8-16-24,25-17-9-3-10-18-25)26-19-11-4-12-20-26;16-14-8-6-12(10-17-14)7-9-15(18)19-11-13-4-2-1-3-5-13;7-6-2-1-5(4-9)3-8-6;/h1-20H,21-22H2;1-10H,11H2;1-4H;1H/q+1;;;/p-1/b;9-7+;;. The van der Waals surface area contributed by atoms with Crippen LogP contribution in [0.25, 0.3) is 6.08 Å². The summed E-state index contributed by atoms with van der Waals surface area (Å²) in [4.78, 5) is 42.6. The minimum absolute atomic E-state index is 0. The van der Waals surface area contributed by atoms with E-state index in [0.717, 1.165) is 32.2 Å². The lowest BCUT2D eigenvalue weighted by Gasteiger charge is -2.26. The SMILES string of the molecule is O=C(/C=C/c1ccc(Br)nc1)OCc1ccccc1.O=C(C[P+](c1ccccc1)(c1ccccc1)c1ccccc1)OCc1ccccc1.O=Cc1ccc(Br)nc1.[Br-]. The molecule has 0 bridgehead atoms. The van der Waals surface area contributed by atoms with E-state index in [1.165, 1.54) is 28.2 Å². The van der Waals surface area contributed by atoms with Gasteiger partial charge in [-0.3, -0.25) is 4.79 Å². The fourth-order valence-electron chi connectivity index (χ4n) is 5.63. The number of carbonyl (C=O) groups excluding carboxylic acids is 3. The highest BCUT2D eigenvalue weighted by Gasteiger charge is 2.47. The number of pyridine rings is 2. The van der Waals surface area contributed by atoms with E-state index in [4.69, 9.17) is 9.47 Å². The Balaban J connectivity index is 0.000000225. The van der Waals surface area contributed by atoms with Gasteiger partial charge in [-0.05, 0) is 109 Å². The largest absolute Gasteiger partial charge is 1.00 e. The Morgan fingerprint density at radius 1 is 0.525 bits per heavy atom. The number of aldehydes is 1. The van der Waals surface area contributed by atoms with E-state index in [1.807, 2.05) is 127 Å². The second kappa shape index (κ2) is 25.2. The molecule has 0 saturated carbocycles. The van der Waals surface area contributed by atoms with Crippen molar-refractivity contribution in [3.8, 4) is 0 Å². The quantitative estimate of drug-likeness (QED) is 0.0429. The Labute approximate surface area is 372 Å². The van der Waals surface area contributed by atoms with Gasteiger partial charge in [0.05, 0.1) is 0 Å². The van der Waals surface area contributed by atoms with Crippen molar-refractivity contribution < 1.29 is 40.8 Å². The van der Waals surface area contributed by atoms with Crippen LogP contribution in [0.3, 0.4) is 0 Å². The van der Waals surface area contributed by atoms with Crippen LogP contribution < -0.4 is 32.9 Å². The summed E-state index contributed by atoms with van der Waals surface area (Å²) in [6.07, 6.45) is 7.35. The van der Waals surface area contributed by atoms with Gasteiger partial charge in [-0.25, -0.2) is 19.6 Å². The van der Waals surface area contributed by atoms with Gasteiger partial charge in [0.1, 0.15) is 45.6 Å². The zero-order chi connectivity index (χ0) is 40.8. The van der Waals surface area contributed by atoms with Crippen LogP contribution in [0.2, 0.25) is 0 Å². The van der Waals surface area contributed by atoms with Crippen LogP contribution >= 0.6 is 39.1 Å². The lowest BCUT2D eigenvalue weighted by atomic mass is 10.2. The van der Waals surface area contributed by atoms with Crippen LogP contribution in [0.5, 0.6) is 0 Å². The molecule has 7 rings (SSSR count). The summed E-state index contributed by atoms with van der Waals surface area (Å²) in [5, 5.41) is 3.54. The minimum atomic E-state index is -2.21. The molecule has 0 saturated heterocycles. The van der Waals surface area contributed by atoms with Crippen LogP contribution in [0, 0.1) is 0 Å². The maximum Gasteiger partial charge on any atom is 0.345 e. The van der Waals surface area contributed by atoms with Gasteiger partial charge >= 0.3 is 11.9 Å². The van der Waals surface area contributed by atoms with Gasteiger partial charge in [-0.2, -0.15) is 0 Å². The number of ether oxygens (including phenoxy) is 2. The molecule has 2 heterocycles. The first-order chi connectivity index (χ1) is 28.4. The fourth-order valence-corrected chi connectivity index (χ4v) is 10.1. The molecular weight excluding hydrogens is 955 g/mol. The van der Waals surface area contributed by atoms with Crippen molar-refractivity contribution in [2.24, 2.45) is 0 Å². The van der Waals surface area contributed by atoms with Gasteiger partial charge in [0.25, 0.3) is 0 Å². The lowest BCUT2D eigenvalue weighted by Crippen LogP contribution is -3.00. The Morgan fingerprint density at radius 3 is 1.31 bits per heavy atom. The van der Waals surface area contributed by atoms with E-state index in [0.29, 0.717) is 11.7 Å². The number of nitrogens with zero attached hydrogens (tertiary/aromatic N) is 2. The molecule has 0 atom stereocenters. The molecular formula is C48H40Br3N2O5P. The van der Waals surface area contributed by atoms with E-state index in [-0.39, 0.29) is 42.1 Å². The van der Waals surface area contributed by atoms with E-state index < -0.39 is 7.26 Å². The Morgan fingerprint density at radius 2 is 0.915 bits per heavy atom. The van der Waals surface area contributed by atoms with Crippen molar-refractivity contribution in [1.82, 2.24) is 9.97 Å². The zero-order valence-electron chi connectivity index (χ0n) is 31.8. The van der Waals surface area contributed by atoms with Crippen LogP contribution in [-0.2, 0) is 32.3 Å². The van der Waals surface area contributed by atoms with Crippen LogP contribution in [0.15, 0.2) is 204 Å². The molecule has 0 aliphatic carbocycles. The van der Waals surface area contributed by atoms with Crippen molar-refractivity contribution in [3.05, 3.63) is 226 Å². The molecule has 0 N–H and O–H groups in total. The van der Waals surface area contributed by atoms with Crippen molar-refractivity contribution >= 4 is 79.3 Å². The van der Waals surface area contributed by atoms with Gasteiger partial charge in [-0.15, -0.1) is 0 Å². The first-order valence-electron chi connectivity index (χ1n) is 18.2. The smallest absolute Gasteiger partial charge is 0.345 e. The van der Waals surface area contributed by atoms with E-state index in [2.05, 4.69) is 78.2 Å². The highest BCUT2D eigenvalue weighted by molar-refractivity contribution is 9.10. The molecule has 59 heavy (non-hydrogen) atoms.